The van der Waals surface area contributed by atoms with Crippen molar-refractivity contribution in [2.24, 2.45) is 0 Å². The lowest BCUT2D eigenvalue weighted by atomic mass is 10.1. The monoisotopic (exact) mass is 313 g/mol. The van der Waals surface area contributed by atoms with Crippen LogP contribution >= 0.6 is 12.2 Å². The van der Waals surface area contributed by atoms with Gasteiger partial charge in [0, 0.05) is 31.4 Å². The molecule has 1 aliphatic rings. The first-order valence-electron chi connectivity index (χ1n) is 7.38. The van der Waals surface area contributed by atoms with Crippen LogP contribution in [0.25, 0.3) is 0 Å². The van der Waals surface area contributed by atoms with E-state index >= 15 is 0 Å². The first-order chi connectivity index (χ1) is 10.7. The number of rotatable bonds is 3. The molecule has 0 saturated heterocycles. The third-order valence-electron chi connectivity index (χ3n) is 3.57. The topological polar surface area (TPSA) is 53.1 Å². The Bertz CT molecular complexity index is 676. The number of nitrogens with zero attached hydrogens (tertiary/aromatic N) is 3. The Labute approximate surface area is 135 Å². The first-order valence-corrected chi connectivity index (χ1v) is 7.79. The van der Waals surface area contributed by atoms with Gasteiger partial charge in [0.15, 0.2) is 5.11 Å². The van der Waals surface area contributed by atoms with E-state index in [0.29, 0.717) is 11.1 Å². The Morgan fingerprint density at radius 1 is 1.23 bits per heavy atom. The van der Waals surface area contributed by atoms with Gasteiger partial charge in [-0.1, -0.05) is 24.3 Å². The summed E-state index contributed by atoms with van der Waals surface area (Å²) in [6.45, 7) is 6.49. The fraction of sp³-hybridized carbons (Fsp3) is 0.312. The zero-order valence-corrected chi connectivity index (χ0v) is 13.6. The van der Waals surface area contributed by atoms with Gasteiger partial charge in [0.05, 0.1) is 0 Å². The van der Waals surface area contributed by atoms with Crippen molar-refractivity contribution < 1.29 is 0 Å². The molecule has 0 unspecified atom stereocenters. The summed E-state index contributed by atoms with van der Waals surface area (Å²) >= 11 is 5.20. The van der Waals surface area contributed by atoms with E-state index in [0.717, 1.165) is 31.1 Å². The molecule has 22 heavy (non-hydrogen) atoms. The van der Waals surface area contributed by atoms with Gasteiger partial charge in [-0.3, -0.25) is 0 Å². The summed E-state index contributed by atoms with van der Waals surface area (Å²) in [7, 11) is 0. The van der Waals surface area contributed by atoms with E-state index in [1.807, 2.05) is 19.9 Å². The van der Waals surface area contributed by atoms with E-state index in [1.165, 1.54) is 11.1 Å². The van der Waals surface area contributed by atoms with Crippen molar-refractivity contribution >= 4 is 29.1 Å². The summed E-state index contributed by atoms with van der Waals surface area (Å²) in [5.41, 5.74) is 3.63. The molecule has 2 N–H and O–H groups in total. The van der Waals surface area contributed by atoms with Crippen LogP contribution in [0.4, 0.5) is 11.8 Å². The molecule has 0 bridgehead atoms. The fourth-order valence-corrected chi connectivity index (χ4v) is 2.81. The van der Waals surface area contributed by atoms with Gasteiger partial charge in [-0.2, -0.15) is 4.98 Å². The summed E-state index contributed by atoms with van der Waals surface area (Å²) in [5.74, 6) is 1.46. The van der Waals surface area contributed by atoms with Crippen LogP contribution in [0.2, 0.25) is 0 Å². The van der Waals surface area contributed by atoms with Crippen molar-refractivity contribution in [1.29, 1.82) is 0 Å². The molecule has 0 atom stereocenters. The second-order valence-electron chi connectivity index (χ2n) is 5.30. The summed E-state index contributed by atoms with van der Waals surface area (Å²) in [4.78, 5) is 11.2. The smallest absolute Gasteiger partial charge is 0.231 e. The van der Waals surface area contributed by atoms with Crippen molar-refractivity contribution in [1.82, 2.24) is 15.3 Å². The van der Waals surface area contributed by atoms with Crippen molar-refractivity contribution in [2.45, 2.75) is 26.9 Å². The molecule has 0 fully saturated rings. The number of thiocarbonyl (C=S) groups is 1. The highest BCUT2D eigenvalue weighted by Crippen LogP contribution is 2.27. The predicted molar refractivity (Wildman–Crippen MR) is 93.0 cm³/mol. The van der Waals surface area contributed by atoms with E-state index in [-0.39, 0.29) is 0 Å². The van der Waals surface area contributed by atoms with Crippen LogP contribution in [0.5, 0.6) is 0 Å². The molecule has 0 saturated carbocycles. The molecule has 114 valence electrons. The quantitative estimate of drug-likeness (QED) is 0.850. The Balaban J connectivity index is 1.80. The van der Waals surface area contributed by atoms with Crippen LogP contribution in [0.15, 0.2) is 30.3 Å². The standard InChI is InChI=1S/C16H19N5S/c1-3-17-16(22)20-15-18-11(2)8-14(19-15)21-9-12-6-4-5-7-13(12)10-21/h4-8H,3,9-10H2,1-2H3,(H2,17,18,19,20,22). The minimum absolute atomic E-state index is 0.539. The van der Waals surface area contributed by atoms with Gasteiger partial charge >= 0.3 is 0 Å². The van der Waals surface area contributed by atoms with E-state index in [1.54, 1.807) is 0 Å². The minimum atomic E-state index is 0.539. The maximum atomic E-state index is 5.20. The molecule has 5 nitrogen and oxygen atoms in total. The summed E-state index contributed by atoms with van der Waals surface area (Å²) < 4.78 is 0. The van der Waals surface area contributed by atoms with Crippen LogP contribution in [-0.4, -0.2) is 21.6 Å². The molecule has 1 aromatic heterocycles. The molecule has 1 aliphatic heterocycles. The molecule has 0 radical (unpaired) electrons. The number of hydrogen-bond donors (Lipinski definition) is 2. The number of benzene rings is 1. The highest BCUT2D eigenvalue weighted by molar-refractivity contribution is 7.80. The molecule has 3 rings (SSSR count). The van der Waals surface area contributed by atoms with E-state index < -0.39 is 0 Å². The molecule has 2 aromatic rings. The van der Waals surface area contributed by atoms with E-state index in [4.69, 9.17) is 12.2 Å². The van der Waals surface area contributed by atoms with Crippen LogP contribution in [0.3, 0.4) is 0 Å². The Morgan fingerprint density at radius 2 is 1.91 bits per heavy atom. The predicted octanol–water partition coefficient (Wildman–Crippen LogP) is 2.61. The second-order valence-corrected chi connectivity index (χ2v) is 5.71. The Morgan fingerprint density at radius 3 is 2.55 bits per heavy atom. The van der Waals surface area contributed by atoms with Gasteiger partial charge in [0.25, 0.3) is 0 Å². The average Bonchev–Trinajstić information content (AvgIpc) is 2.90. The number of aromatic nitrogens is 2. The molecular formula is C16H19N5S. The van der Waals surface area contributed by atoms with Gasteiger partial charge in [0.2, 0.25) is 5.95 Å². The molecule has 1 aromatic carbocycles. The molecular weight excluding hydrogens is 294 g/mol. The van der Waals surface area contributed by atoms with Gasteiger partial charge in [-0.15, -0.1) is 0 Å². The first kappa shape index (κ1) is 14.7. The second kappa shape index (κ2) is 6.27. The van der Waals surface area contributed by atoms with Gasteiger partial charge < -0.3 is 15.5 Å². The fourth-order valence-electron chi connectivity index (χ4n) is 2.57. The average molecular weight is 313 g/mol. The van der Waals surface area contributed by atoms with Crippen LogP contribution in [0.1, 0.15) is 23.7 Å². The Kier molecular flexibility index (Phi) is 4.20. The van der Waals surface area contributed by atoms with Crippen molar-refractivity contribution in [3.05, 3.63) is 47.2 Å². The highest BCUT2D eigenvalue weighted by atomic mass is 32.1. The maximum absolute atomic E-state index is 5.20. The lowest BCUT2D eigenvalue weighted by Gasteiger charge is -2.18. The van der Waals surface area contributed by atoms with E-state index in [9.17, 15) is 0 Å². The zero-order chi connectivity index (χ0) is 15.5. The lowest BCUT2D eigenvalue weighted by Crippen LogP contribution is -2.29. The van der Waals surface area contributed by atoms with E-state index in [2.05, 4.69) is 49.8 Å². The van der Waals surface area contributed by atoms with Crippen LogP contribution < -0.4 is 15.5 Å². The van der Waals surface area contributed by atoms with Gasteiger partial charge in [-0.25, -0.2) is 4.98 Å². The van der Waals surface area contributed by atoms with Crippen molar-refractivity contribution in [3.8, 4) is 0 Å². The lowest BCUT2D eigenvalue weighted by molar-refractivity contribution is 0.849. The van der Waals surface area contributed by atoms with Crippen LogP contribution in [-0.2, 0) is 13.1 Å². The Hall–Kier alpha value is -2.21. The number of hydrogen-bond acceptors (Lipinski definition) is 4. The molecule has 6 heteroatoms. The zero-order valence-electron chi connectivity index (χ0n) is 12.8. The SMILES string of the molecule is CCNC(=S)Nc1nc(C)cc(N2Cc3ccccc3C2)n1. The number of nitrogens with one attached hydrogen (secondary N) is 2. The van der Waals surface area contributed by atoms with Gasteiger partial charge in [-0.05, 0) is 37.2 Å². The summed E-state index contributed by atoms with van der Waals surface area (Å²) in [5, 5.41) is 6.63. The third-order valence-corrected chi connectivity index (χ3v) is 3.81. The number of anilines is 2. The summed E-state index contributed by atoms with van der Waals surface area (Å²) in [6, 6.07) is 10.5. The normalized spacial score (nSPS) is 12.9. The van der Waals surface area contributed by atoms with Crippen molar-refractivity contribution in [2.75, 3.05) is 16.8 Å². The largest absolute Gasteiger partial charge is 0.363 e. The minimum Gasteiger partial charge on any atom is -0.363 e. The molecule has 0 spiro atoms. The maximum Gasteiger partial charge on any atom is 0.231 e. The molecule has 0 aliphatic carbocycles. The van der Waals surface area contributed by atoms with Gasteiger partial charge in [0.1, 0.15) is 5.82 Å². The number of aryl methyl sites for hydroxylation is 1. The number of fused-ring (bicyclic) bond motifs is 1. The molecule has 0 amide bonds. The molecule has 2 heterocycles. The third kappa shape index (κ3) is 3.17. The summed E-state index contributed by atoms with van der Waals surface area (Å²) in [6.07, 6.45) is 0. The van der Waals surface area contributed by atoms with Crippen molar-refractivity contribution in [3.63, 3.8) is 0 Å². The van der Waals surface area contributed by atoms with Crippen LogP contribution in [0, 0.1) is 6.92 Å². The highest BCUT2D eigenvalue weighted by Gasteiger charge is 2.20.